The monoisotopic (exact) mass is 348 g/mol. The maximum atomic E-state index is 12.8. The molecule has 0 saturated carbocycles. The van der Waals surface area contributed by atoms with Gasteiger partial charge in [-0.2, -0.15) is 0 Å². The molecule has 5 nitrogen and oxygen atoms in total. The third-order valence-electron chi connectivity index (χ3n) is 3.26. The molecule has 1 heterocycles. The molecular weight excluding hydrogens is 327 g/mol. The van der Waals surface area contributed by atoms with E-state index in [2.05, 4.69) is 40.0 Å². The highest BCUT2D eigenvalue weighted by molar-refractivity contribution is 7.11. The van der Waals surface area contributed by atoms with Gasteiger partial charge in [0.2, 0.25) is 5.91 Å². The molecule has 0 aliphatic carbocycles. The van der Waals surface area contributed by atoms with Gasteiger partial charge in [-0.15, -0.1) is 11.3 Å². The molecule has 0 bridgehead atoms. The number of thiophene rings is 1. The minimum atomic E-state index is -0.337. The van der Waals surface area contributed by atoms with Crippen molar-refractivity contribution in [3.8, 4) is 0 Å². The number of guanidine groups is 1. The number of rotatable bonds is 6. The highest BCUT2D eigenvalue weighted by atomic mass is 32.1. The lowest BCUT2D eigenvalue weighted by molar-refractivity contribution is -0.115. The van der Waals surface area contributed by atoms with Crippen LogP contribution in [0.2, 0.25) is 0 Å². The fourth-order valence-corrected chi connectivity index (χ4v) is 2.90. The topological polar surface area (TPSA) is 65.5 Å². The maximum Gasteiger partial charge on any atom is 0.243 e. The van der Waals surface area contributed by atoms with Crippen LogP contribution in [-0.2, 0) is 17.8 Å². The Hall–Kier alpha value is -2.41. The van der Waals surface area contributed by atoms with Crippen LogP contribution in [0.25, 0.3) is 0 Å². The summed E-state index contributed by atoms with van der Waals surface area (Å²) in [7, 11) is 1.65. The molecule has 0 fully saturated rings. The van der Waals surface area contributed by atoms with E-state index in [1.807, 2.05) is 0 Å². The number of benzene rings is 1. The Bertz CT molecular complexity index is 697. The van der Waals surface area contributed by atoms with Gasteiger partial charge in [0.1, 0.15) is 5.82 Å². The average molecular weight is 348 g/mol. The lowest BCUT2D eigenvalue weighted by Crippen LogP contribution is -2.40. The zero-order valence-corrected chi connectivity index (χ0v) is 14.5. The standard InChI is InChI=1S/C17H21FN4OS/c1-3-14-8-9-15(24-14)10-20-17(19-2)21-11-16(23)22-13-6-4-12(18)5-7-13/h4-9H,3,10-11H2,1-2H3,(H,22,23)(H2,19,20,21). The summed E-state index contributed by atoms with van der Waals surface area (Å²) in [6, 6.07) is 9.84. The molecule has 0 saturated heterocycles. The SMILES string of the molecule is CCc1ccc(CNC(=NC)NCC(=O)Nc2ccc(F)cc2)s1. The Labute approximate surface area is 145 Å². The quantitative estimate of drug-likeness (QED) is 0.555. The molecule has 1 aromatic carbocycles. The Morgan fingerprint density at radius 2 is 1.83 bits per heavy atom. The van der Waals surface area contributed by atoms with Crippen LogP contribution >= 0.6 is 11.3 Å². The van der Waals surface area contributed by atoms with Crippen molar-refractivity contribution in [1.29, 1.82) is 0 Å². The number of aliphatic imine (C=N–C) groups is 1. The van der Waals surface area contributed by atoms with Crippen LogP contribution in [0.5, 0.6) is 0 Å². The van der Waals surface area contributed by atoms with E-state index in [1.54, 1.807) is 18.4 Å². The van der Waals surface area contributed by atoms with Gasteiger partial charge in [0.15, 0.2) is 5.96 Å². The molecule has 0 aliphatic heterocycles. The number of nitrogens with one attached hydrogen (secondary N) is 3. The molecule has 2 rings (SSSR count). The highest BCUT2D eigenvalue weighted by Crippen LogP contribution is 2.16. The Balaban J connectivity index is 1.76. The zero-order chi connectivity index (χ0) is 17.4. The molecule has 128 valence electrons. The highest BCUT2D eigenvalue weighted by Gasteiger charge is 2.05. The second kappa shape index (κ2) is 9.02. The summed E-state index contributed by atoms with van der Waals surface area (Å²) in [5.41, 5.74) is 0.553. The van der Waals surface area contributed by atoms with Crippen LogP contribution in [0, 0.1) is 5.82 Å². The third kappa shape index (κ3) is 5.66. The molecule has 0 radical (unpaired) electrons. The fraction of sp³-hybridized carbons (Fsp3) is 0.294. The predicted molar refractivity (Wildman–Crippen MR) is 96.9 cm³/mol. The summed E-state index contributed by atoms with van der Waals surface area (Å²) < 4.78 is 12.8. The number of halogens is 1. The summed E-state index contributed by atoms with van der Waals surface area (Å²) in [6.45, 7) is 2.86. The van der Waals surface area contributed by atoms with Gasteiger partial charge in [-0.05, 0) is 42.8 Å². The lowest BCUT2D eigenvalue weighted by Gasteiger charge is -2.11. The van der Waals surface area contributed by atoms with Gasteiger partial charge in [0.05, 0.1) is 13.1 Å². The first kappa shape index (κ1) is 17.9. The molecule has 7 heteroatoms. The van der Waals surface area contributed by atoms with E-state index in [0.29, 0.717) is 18.2 Å². The Morgan fingerprint density at radius 3 is 2.46 bits per heavy atom. The van der Waals surface area contributed by atoms with Crippen molar-refractivity contribution in [2.45, 2.75) is 19.9 Å². The van der Waals surface area contributed by atoms with E-state index in [9.17, 15) is 9.18 Å². The number of anilines is 1. The van der Waals surface area contributed by atoms with Crippen LogP contribution in [0.4, 0.5) is 10.1 Å². The van der Waals surface area contributed by atoms with Crippen LogP contribution in [0.3, 0.4) is 0 Å². The smallest absolute Gasteiger partial charge is 0.243 e. The third-order valence-corrected chi connectivity index (χ3v) is 4.49. The number of carbonyl (C=O) groups is 1. The summed E-state index contributed by atoms with van der Waals surface area (Å²) in [5, 5.41) is 8.80. The number of nitrogens with zero attached hydrogens (tertiary/aromatic N) is 1. The lowest BCUT2D eigenvalue weighted by atomic mass is 10.3. The molecule has 1 aromatic heterocycles. The van der Waals surface area contributed by atoms with Gasteiger partial charge in [-0.3, -0.25) is 9.79 Å². The van der Waals surface area contributed by atoms with Crippen molar-refractivity contribution < 1.29 is 9.18 Å². The first-order chi connectivity index (χ1) is 11.6. The van der Waals surface area contributed by atoms with Crippen LogP contribution in [0.15, 0.2) is 41.4 Å². The van der Waals surface area contributed by atoms with E-state index < -0.39 is 0 Å². The average Bonchev–Trinajstić information content (AvgIpc) is 3.05. The first-order valence-electron chi connectivity index (χ1n) is 7.68. The van der Waals surface area contributed by atoms with Gasteiger partial charge >= 0.3 is 0 Å². The molecular formula is C17H21FN4OS. The summed E-state index contributed by atoms with van der Waals surface area (Å²) in [5.74, 6) is -0.0137. The molecule has 0 aliphatic rings. The second-order valence-corrected chi connectivity index (χ2v) is 6.31. The van der Waals surface area contributed by atoms with Gasteiger partial charge in [0, 0.05) is 22.5 Å². The van der Waals surface area contributed by atoms with E-state index in [0.717, 1.165) is 6.42 Å². The van der Waals surface area contributed by atoms with E-state index in [1.165, 1.54) is 34.0 Å². The zero-order valence-electron chi connectivity index (χ0n) is 13.7. The Morgan fingerprint density at radius 1 is 1.12 bits per heavy atom. The minimum absolute atomic E-state index is 0.0711. The van der Waals surface area contributed by atoms with Crippen molar-refractivity contribution in [3.63, 3.8) is 0 Å². The molecule has 2 aromatic rings. The van der Waals surface area contributed by atoms with Gasteiger partial charge < -0.3 is 16.0 Å². The molecule has 24 heavy (non-hydrogen) atoms. The molecule has 0 spiro atoms. The van der Waals surface area contributed by atoms with Gasteiger partial charge in [-0.25, -0.2) is 4.39 Å². The number of carbonyl (C=O) groups excluding carboxylic acids is 1. The van der Waals surface area contributed by atoms with Crippen molar-refractivity contribution >= 4 is 28.9 Å². The summed E-state index contributed by atoms with van der Waals surface area (Å²) in [4.78, 5) is 18.5. The van der Waals surface area contributed by atoms with Crippen LogP contribution < -0.4 is 16.0 Å². The molecule has 1 amide bonds. The van der Waals surface area contributed by atoms with E-state index in [4.69, 9.17) is 0 Å². The maximum absolute atomic E-state index is 12.8. The molecule has 3 N–H and O–H groups in total. The van der Waals surface area contributed by atoms with Crippen molar-refractivity contribution in [1.82, 2.24) is 10.6 Å². The normalized spacial score (nSPS) is 11.2. The van der Waals surface area contributed by atoms with Crippen molar-refractivity contribution in [3.05, 3.63) is 52.0 Å². The first-order valence-corrected chi connectivity index (χ1v) is 8.50. The minimum Gasteiger partial charge on any atom is -0.352 e. The number of hydrogen-bond donors (Lipinski definition) is 3. The molecule has 0 atom stereocenters. The summed E-state index contributed by atoms with van der Waals surface area (Å²) in [6.07, 6.45) is 1.03. The predicted octanol–water partition coefficient (Wildman–Crippen LogP) is 2.75. The van der Waals surface area contributed by atoms with Crippen LogP contribution in [0.1, 0.15) is 16.7 Å². The fourth-order valence-electron chi connectivity index (χ4n) is 2.00. The van der Waals surface area contributed by atoms with Gasteiger partial charge in [-0.1, -0.05) is 6.92 Å². The second-order valence-electron chi connectivity index (χ2n) is 5.06. The number of aryl methyl sites for hydroxylation is 1. The van der Waals surface area contributed by atoms with Crippen LogP contribution in [-0.4, -0.2) is 25.5 Å². The largest absolute Gasteiger partial charge is 0.352 e. The Kier molecular flexibility index (Phi) is 6.74. The molecule has 0 unspecified atom stereocenters. The van der Waals surface area contributed by atoms with Crippen molar-refractivity contribution in [2.24, 2.45) is 4.99 Å². The van der Waals surface area contributed by atoms with E-state index >= 15 is 0 Å². The number of amides is 1. The van der Waals surface area contributed by atoms with Crippen molar-refractivity contribution in [2.75, 3.05) is 18.9 Å². The summed E-state index contributed by atoms with van der Waals surface area (Å²) >= 11 is 1.76. The van der Waals surface area contributed by atoms with Gasteiger partial charge in [0.25, 0.3) is 0 Å². The number of hydrogen-bond acceptors (Lipinski definition) is 3. The van der Waals surface area contributed by atoms with E-state index in [-0.39, 0.29) is 18.3 Å².